The van der Waals surface area contributed by atoms with E-state index in [9.17, 15) is 0 Å². The second-order valence-electron chi connectivity index (χ2n) is 4.31. The number of aryl methyl sites for hydroxylation is 2. The molecule has 1 aromatic heterocycles. The maximum absolute atomic E-state index is 6.01. The number of aromatic nitrogens is 3. The summed E-state index contributed by atoms with van der Waals surface area (Å²) in [5.74, 6) is 1.80. The van der Waals surface area contributed by atoms with Gasteiger partial charge in [-0.15, -0.1) is 10.2 Å². The van der Waals surface area contributed by atoms with Crippen molar-refractivity contribution in [2.45, 2.75) is 33.7 Å². The van der Waals surface area contributed by atoms with E-state index in [1.54, 1.807) is 0 Å². The van der Waals surface area contributed by atoms with E-state index in [1.165, 1.54) is 5.56 Å². The molecule has 0 aliphatic rings. The van der Waals surface area contributed by atoms with E-state index >= 15 is 0 Å². The van der Waals surface area contributed by atoms with Crippen molar-refractivity contribution >= 4 is 5.69 Å². The van der Waals surface area contributed by atoms with Gasteiger partial charge >= 0.3 is 0 Å². The van der Waals surface area contributed by atoms with Crippen molar-refractivity contribution in [1.82, 2.24) is 14.8 Å². The first-order chi connectivity index (χ1) is 8.13. The van der Waals surface area contributed by atoms with Crippen molar-refractivity contribution in [3.05, 3.63) is 29.6 Å². The number of nitrogen functional groups attached to an aromatic ring is 1. The van der Waals surface area contributed by atoms with Crippen molar-refractivity contribution in [1.29, 1.82) is 0 Å². The highest BCUT2D eigenvalue weighted by Gasteiger charge is 2.12. The number of hydrogen-bond acceptors (Lipinski definition) is 3. The van der Waals surface area contributed by atoms with Gasteiger partial charge in [0.05, 0.1) is 0 Å². The number of nitrogens with zero attached hydrogens (tertiary/aromatic N) is 3. The van der Waals surface area contributed by atoms with E-state index in [-0.39, 0.29) is 0 Å². The lowest BCUT2D eigenvalue weighted by molar-refractivity contribution is 0.663. The molecule has 0 unspecified atom stereocenters. The molecule has 0 atom stereocenters. The molecule has 0 bridgehead atoms. The summed E-state index contributed by atoms with van der Waals surface area (Å²) in [6.45, 7) is 7.08. The fraction of sp³-hybridized carbons (Fsp3) is 0.385. The van der Waals surface area contributed by atoms with Crippen molar-refractivity contribution in [3.8, 4) is 11.4 Å². The second-order valence-corrected chi connectivity index (χ2v) is 4.31. The largest absolute Gasteiger partial charge is 0.398 e. The highest BCUT2D eigenvalue weighted by Crippen LogP contribution is 2.26. The summed E-state index contributed by atoms with van der Waals surface area (Å²) in [7, 11) is 0. The summed E-state index contributed by atoms with van der Waals surface area (Å²) in [6, 6.07) is 5.99. The Bertz CT molecular complexity index is 528. The Kier molecular flexibility index (Phi) is 3.13. The quantitative estimate of drug-likeness (QED) is 0.824. The summed E-state index contributed by atoms with van der Waals surface area (Å²) in [4.78, 5) is 0. The zero-order valence-electron chi connectivity index (χ0n) is 10.6. The maximum atomic E-state index is 6.01. The predicted octanol–water partition coefficient (Wildman–Crippen LogP) is 2.55. The van der Waals surface area contributed by atoms with E-state index in [0.717, 1.165) is 35.9 Å². The third kappa shape index (κ3) is 2.16. The van der Waals surface area contributed by atoms with Gasteiger partial charge in [-0.2, -0.15) is 0 Å². The van der Waals surface area contributed by atoms with Gasteiger partial charge in [0.1, 0.15) is 5.82 Å². The van der Waals surface area contributed by atoms with Crippen LogP contribution in [-0.4, -0.2) is 14.8 Å². The molecule has 2 rings (SSSR count). The Labute approximate surface area is 101 Å². The van der Waals surface area contributed by atoms with Crippen LogP contribution in [0.5, 0.6) is 0 Å². The molecule has 0 aliphatic carbocycles. The van der Waals surface area contributed by atoms with Gasteiger partial charge in [0, 0.05) is 17.8 Å². The average Bonchev–Trinajstić information content (AvgIpc) is 2.65. The van der Waals surface area contributed by atoms with Gasteiger partial charge in [0.2, 0.25) is 0 Å². The van der Waals surface area contributed by atoms with Crippen LogP contribution < -0.4 is 5.73 Å². The van der Waals surface area contributed by atoms with Crippen molar-refractivity contribution in [2.24, 2.45) is 0 Å². The number of hydrogen-bond donors (Lipinski definition) is 1. The van der Waals surface area contributed by atoms with Crippen LogP contribution >= 0.6 is 0 Å². The molecule has 17 heavy (non-hydrogen) atoms. The third-order valence-corrected chi connectivity index (χ3v) is 2.83. The molecule has 2 N–H and O–H groups in total. The van der Waals surface area contributed by atoms with Crippen LogP contribution in [0, 0.1) is 13.8 Å². The Morgan fingerprint density at radius 1 is 1.24 bits per heavy atom. The highest BCUT2D eigenvalue weighted by atomic mass is 15.3. The lowest BCUT2D eigenvalue weighted by Crippen LogP contribution is -2.03. The SMILES string of the molecule is CCCn1c(C)nnc1-c1cc(C)ccc1N. The molecular formula is C13H18N4. The van der Waals surface area contributed by atoms with Gasteiger partial charge in [-0.25, -0.2) is 0 Å². The van der Waals surface area contributed by atoms with E-state index in [2.05, 4.69) is 34.7 Å². The lowest BCUT2D eigenvalue weighted by atomic mass is 10.1. The van der Waals surface area contributed by atoms with Crippen LogP contribution in [0.25, 0.3) is 11.4 Å². The van der Waals surface area contributed by atoms with E-state index in [4.69, 9.17) is 5.73 Å². The molecule has 0 saturated carbocycles. The molecule has 1 aromatic carbocycles. The normalized spacial score (nSPS) is 10.8. The minimum absolute atomic E-state index is 0.750. The average molecular weight is 230 g/mol. The molecule has 0 spiro atoms. The summed E-state index contributed by atoms with van der Waals surface area (Å²) < 4.78 is 2.12. The highest BCUT2D eigenvalue weighted by molar-refractivity contribution is 5.72. The zero-order valence-corrected chi connectivity index (χ0v) is 10.6. The van der Waals surface area contributed by atoms with E-state index in [1.807, 2.05) is 19.1 Å². The predicted molar refractivity (Wildman–Crippen MR) is 69.6 cm³/mol. The van der Waals surface area contributed by atoms with Crippen LogP contribution in [0.3, 0.4) is 0 Å². The Hall–Kier alpha value is -1.84. The number of rotatable bonds is 3. The van der Waals surface area contributed by atoms with Crippen molar-refractivity contribution < 1.29 is 0 Å². The van der Waals surface area contributed by atoms with Gasteiger partial charge in [0.25, 0.3) is 0 Å². The van der Waals surface area contributed by atoms with Crippen LogP contribution in [-0.2, 0) is 6.54 Å². The number of anilines is 1. The Morgan fingerprint density at radius 2 is 2.00 bits per heavy atom. The molecule has 4 heteroatoms. The van der Waals surface area contributed by atoms with Crippen LogP contribution in [0.4, 0.5) is 5.69 Å². The van der Waals surface area contributed by atoms with Gasteiger partial charge in [-0.3, -0.25) is 0 Å². The molecule has 90 valence electrons. The first-order valence-corrected chi connectivity index (χ1v) is 5.89. The molecule has 4 nitrogen and oxygen atoms in total. The topological polar surface area (TPSA) is 56.7 Å². The van der Waals surface area contributed by atoms with Gasteiger partial charge in [0.15, 0.2) is 5.82 Å². The molecule has 0 radical (unpaired) electrons. The van der Waals surface area contributed by atoms with Gasteiger partial charge in [-0.1, -0.05) is 18.6 Å². The molecule has 1 heterocycles. The number of benzene rings is 1. The van der Waals surface area contributed by atoms with E-state index in [0.29, 0.717) is 0 Å². The van der Waals surface area contributed by atoms with Gasteiger partial charge in [-0.05, 0) is 32.4 Å². The second kappa shape index (κ2) is 4.57. The minimum Gasteiger partial charge on any atom is -0.398 e. The minimum atomic E-state index is 0.750. The monoisotopic (exact) mass is 230 g/mol. The number of nitrogens with two attached hydrogens (primary N) is 1. The standard InChI is InChI=1S/C13H18N4/c1-4-7-17-10(3)15-16-13(17)11-8-9(2)5-6-12(11)14/h5-6,8H,4,7,14H2,1-3H3. The Morgan fingerprint density at radius 3 is 2.71 bits per heavy atom. The summed E-state index contributed by atoms with van der Waals surface area (Å²) in [5.41, 5.74) is 8.91. The first-order valence-electron chi connectivity index (χ1n) is 5.89. The Balaban J connectivity index is 2.56. The van der Waals surface area contributed by atoms with Crippen molar-refractivity contribution in [3.63, 3.8) is 0 Å². The third-order valence-electron chi connectivity index (χ3n) is 2.83. The van der Waals surface area contributed by atoms with Crippen LogP contribution in [0.2, 0.25) is 0 Å². The molecule has 2 aromatic rings. The van der Waals surface area contributed by atoms with Gasteiger partial charge < -0.3 is 10.3 Å². The van der Waals surface area contributed by atoms with Crippen LogP contribution in [0.1, 0.15) is 24.7 Å². The molecule has 0 amide bonds. The zero-order chi connectivity index (χ0) is 12.4. The molecule has 0 saturated heterocycles. The summed E-state index contributed by atoms with van der Waals surface area (Å²) in [5, 5.41) is 8.38. The molecule has 0 aliphatic heterocycles. The van der Waals surface area contributed by atoms with Crippen LogP contribution in [0.15, 0.2) is 18.2 Å². The smallest absolute Gasteiger partial charge is 0.166 e. The molecular weight excluding hydrogens is 212 g/mol. The summed E-state index contributed by atoms with van der Waals surface area (Å²) >= 11 is 0. The van der Waals surface area contributed by atoms with E-state index < -0.39 is 0 Å². The molecule has 0 fully saturated rings. The first kappa shape index (κ1) is 11.6. The summed E-state index contributed by atoms with van der Waals surface area (Å²) in [6.07, 6.45) is 1.05. The lowest BCUT2D eigenvalue weighted by Gasteiger charge is -2.09. The fourth-order valence-corrected chi connectivity index (χ4v) is 1.94. The maximum Gasteiger partial charge on any atom is 0.166 e. The van der Waals surface area contributed by atoms with Crippen molar-refractivity contribution in [2.75, 3.05) is 5.73 Å². The fourth-order valence-electron chi connectivity index (χ4n) is 1.94.